The summed E-state index contributed by atoms with van der Waals surface area (Å²) in [6.07, 6.45) is 0.903. The Labute approximate surface area is 171 Å². The summed E-state index contributed by atoms with van der Waals surface area (Å²) in [6.45, 7) is 4.60. The maximum absolute atomic E-state index is 13.8. The molecular formula is C21H20N4OS2. The molecule has 0 radical (unpaired) electrons. The van der Waals surface area contributed by atoms with Crippen molar-refractivity contribution in [3.63, 3.8) is 0 Å². The Morgan fingerprint density at radius 2 is 2.07 bits per heavy atom. The Morgan fingerprint density at radius 3 is 2.86 bits per heavy atom. The number of aryl methyl sites for hydroxylation is 3. The lowest BCUT2D eigenvalue weighted by atomic mass is 9.96. The molecule has 7 heteroatoms. The summed E-state index contributed by atoms with van der Waals surface area (Å²) in [5.41, 5.74) is 4.40. The second-order valence-corrected chi connectivity index (χ2v) is 9.16. The van der Waals surface area contributed by atoms with E-state index >= 15 is 0 Å². The SMILES string of the molecule is Cc1cc(C(=O)N2CCc3sccc3[C@H]2c2cccs2)c2c(C)nn(C)c2n1. The van der Waals surface area contributed by atoms with Crippen LogP contribution in [0.2, 0.25) is 0 Å². The van der Waals surface area contributed by atoms with Crippen molar-refractivity contribution < 1.29 is 4.79 Å². The molecule has 4 aromatic rings. The van der Waals surface area contributed by atoms with Gasteiger partial charge in [-0.2, -0.15) is 5.10 Å². The first-order valence-electron chi connectivity index (χ1n) is 9.26. The maximum Gasteiger partial charge on any atom is 0.255 e. The van der Waals surface area contributed by atoms with E-state index in [2.05, 4.69) is 39.0 Å². The topological polar surface area (TPSA) is 51.0 Å². The van der Waals surface area contributed by atoms with Gasteiger partial charge in [-0.05, 0) is 54.8 Å². The maximum atomic E-state index is 13.8. The molecule has 0 aliphatic carbocycles. The van der Waals surface area contributed by atoms with Crippen molar-refractivity contribution in [3.8, 4) is 0 Å². The van der Waals surface area contributed by atoms with E-state index in [4.69, 9.17) is 0 Å². The number of amides is 1. The molecule has 0 bridgehead atoms. The smallest absolute Gasteiger partial charge is 0.255 e. The molecular weight excluding hydrogens is 388 g/mol. The van der Waals surface area contributed by atoms with Gasteiger partial charge in [0.1, 0.15) is 0 Å². The average molecular weight is 409 g/mol. The lowest BCUT2D eigenvalue weighted by Crippen LogP contribution is -2.40. The number of carbonyl (C=O) groups is 1. The number of aromatic nitrogens is 3. The molecule has 142 valence electrons. The molecule has 5 nitrogen and oxygen atoms in total. The van der Waals surface area contributed by atoms with Gasteiger partial charge in [0.05, 0.1) is 22.7 Å². The zero-order valence-electron chi connectivity index (χ0n) is 16.0. The van der Waals surface area contributed by atoms with Crippen LogP contribution in [0.5, 0.6) is 0 Å². The number of rotatable bonds is 2. The molecule has 1 atom stereocenters. The Morgan fingerprint density at radius 1 is 1.21 bits per heavy atom. The van der Waals surface area contributed by atoms with Crippen LogP contribution in [0.1, 0.15) is 43.1 Å². The summed E-state index contributed by atoms with van der Waals surface area (Å²) in [7, 11) is 1.88. The lowest BCUT2D eigenvalue weighted by molar-refractivity contribution is 0.0700. The number of pyridine rings is 1. The summed E-state index contributed by atoms with van der Waals surface area (Å²) in [6, 6.07) is 8.25. The molecule has 0 saturated heterocycles. The molecule has 1 aliphatic rings. The third-order valence-corrected chi connectivity index (χ3v) is 7.29. The molecule has 5 rings (SSSR count). The molecule has 5 heterocycles. The standard InChI is InChI=1S/C21H20N4OS2/c1-12-11-15(18-13(2)23-24(3)20(18)22-12)21(26)25-8-6-16-14(7-10-28-16)19(25)17-5-4-9-27-17/h4-5,7,9-11,19H,6,8H2,1-3H3/t19-/m0/s1. The molecule has 0 spiro atoms. The average Bonchev–Trinajstić information content (AvgIpc) is 3.41. The van der Waals surface area contributed by atoms with Crippen LogP contribution < -0.4 is 0 Å². The highest BCUT2D eigenvalue weighted by molar-refractivity contribution is 7.10. The third-order valence-electron chi connectivity index (χ3n) is 5.37. The normalized spacial score (nSPS) is 16.5. The van der Waals surface area contributed by atoms with Crippen LogP contribution in [0, 0.1) is 13.8 Å². The highest BCUT2D eigenvalue weighted by Gasteiger charge is 2.35. The molecule has 28 heavy (non-hydrogen) atoms. The second-order valence-electron chi connectivity index (χ2n) is 7.18. The minimum Gasteiger partial charge on any atom is -0.326 e. The molecule has 0 saturated carbocycles. The number of fused-ring (bicyclic) bond motifs is 2. The van der Waals surface area contributed by atoms with E-state index in [9.17, 15) is 4.79 Å². The van der Waals surface area contributed by atoms with E-state index < -0.39 is 0 Å². The van der Waals surface area contributed by atoms with Crippen LogP contribution >= 0.6 is 22.7 Å². The van der Waals surface area contributed by atoms with E-state index in [0.717, 1.165) is 35.4 Å². The lowest BCUT2D eigenvalue weighted by Gasteiger charge is -2.35. The summed E-state index contributed by atoms with van der Waals surface area (Å²) in [4.78, 5) is 23.1. The van der Waals surface area contributed by atoms with Crippen LogP contribution in [0.4, 0.5) is 0 Å². The van der Waals surface area contributed by atoms with Crippen molar-refractivity contribution >= 4 is 39.6 Å². The number of hydrogen-bond acceptors (Lipinski definition) is 5. The van der Waals surface area contributed by atoms with Crippen molar-refractivity contribution in [1.29, 1.82) is 0 Å². The predicted octanol–water partition coefficient (Wildman–Crippen LogP) is 4.50. The van der Waals surface area contributed by atoms with Gasteiger partial charge in [0.2, 0.25) is 0 Å². The van der Waals surface area contributed by atoms with E-state index in [1.54, 1.807) is 27.4 Å². The Kier molecular flexibility index (Phi) is 4.10. The minimum absolute atomic E-state index is 0.0250. The highest BCUT2D eigenvalue weighted by Crippen LogP contribution is 2.40. The Hall–Kier alpha value is -2.51. The molecule has 4 aromatic heterocycles. The third kappa shape index (κ3) is 2.61. The van der Waals surface area contributed by atoms with Crippen LogP contribution in [0.15, 0.2) is 35.0 Å². The largest absolute Gasteiger partial charge is 0.326 e. The molecule has 1 amide bonds. The van der Waals surface area contributed by atoms with Crippen LogP contribution in [0.25, 0.3) is 11.0 Å². The van der Waals surface area contributed by atoms with Gasteiger partial charge in [0, 0.05) is 29.0 Å². The number of nitrogens with zero attached hydrogens (tertiary/aromatic N) is 4. The van der Waals surface area contributed by atoms with Crippen molar-refractivity contribution in [1.82, 2.24) is 19.7 Å². The molecule has 1 aliphatic heterocycles. The highest BCUT2D eigenvalue weighted by atomic mass is 32.1. The first-order valence-corrected chi connectivity index (χ1v) is 11.0. The van der Waals surface area contributed by atoms with E-state index in [-0.39, 0.29) is 11.9 Å². The predicted molar refractivity (Wildman–Crippen MR) is 113 cm³/mol. The summed E-state index contributed by atoms with van der Waals surface area (Å²) in [5, 5.41) is 9.58. The van der Waals surface area contributed by atoms with Gasteiger partial charge in [-0.3, -0.25) is 9.48 Å². The zero-order valence-corrected chi connectivity index (χ0v) is 17.6. The van der Waals surface area contributed by atoms with Gasteiger partial charge in [-0.15, -0.1) is 22.7 Å². The first-order chi connectivity index (χ1) is 13.5. The summed E-state index contributed by atoms with van der Waals surface area (Å²) < 4.78 is 1.76. The number of hydrogen-bond donors (Lipinski definition) is 0. The monoisotopic (exact) mass is 408 g/mol. The van der Waals surface area contributed by atoms with Crippen molar-refractivity contribution in [2.24, 2.45) is 7.05 Å². The van der Waals surface area contributed by atoms with Crippen LogP contribution in [0.3, 0.4) is 0 Å². The van der Waals surface area contributed by atoms with E-state index in [1.165, 1.54) is 15.3 Å². The molecule has 0 aromatic carbocycles. The fraction of sp³-hybridized carbons (Fsp3) is 0.286. The van der Waals surface area contributed by atoms with E-state index in [0.29, 0.717) is 5.56 Å². The molecule has 0 N–H and O–H groups in total. The summed E-state index contributed by atoms with van der Waals surface area (Å²) >= 11 is 3.50. The van der Waals surface area contributed by atoms with Gasteiger partial charge in [0.25, 0.3) is 5.91 Å². The van der Waals surface area contributed by atoms with Gasteiger partial charge < -0.3 is 4.90 Å². The number of carbonyl (C=O) groups excluding carboxylic acids is 1. The fourth-order valence-corrected chi connectivity index (χ4v) is 5.94. The zero-order chi connectivity index (χ0) is 19.4. The Bertz CT molecular complexity index is 1190. The second kappa shape index (κ2) is 6.53. The van der Waals surface area contributed by atoms with Gasteiger partial charge in [0.15, 0.2) is 5.65 Å². The quantitative estimate of drug-likeness (QED) is 0.491. The number of thiophene rings is 2. The van der Waals surface area contributed by atoms with Crippen molar-refractivity contribution in [2.45, 2.75) is 26.3 Å². The molecule has 0 fully saturated rings. The fourth-order valence-electron chi connectivity index (χ4n) is 4.18. The van der Waals surface area contributed by atoms with Crippen molar-refractivity contribution in [3.05, 3.63) is 67.3 Å². The minimum atomic E-state index is -0.0250. The van der Waals surface area contributed by atoms with Gasteiger partial charge in [-0.1, -0.05) is 6.07 Å². The van der Waals surface area contributed by atoms with Gasteiger partial charge >= 0.3 is 0 Å². The summed E-state index contributed by atoms with van der Waals surface area (Å²) in [5.74, 6) is 0.0573. The van der Waals surface area contributed by atoms with Crippen LogP contribution in [-0.2, 0) is 13.5 Å². The molecule has 0 unspecified atom stereocenters. The van der Waals surface area contributed by atoms with Crippen LogP contribution in [-0.4, -0.2) is 32.1 Å². The van der Waals surface area contributed by atoms with E-state index in [1.807, 2.05) is 31.9 Å². The van der Waals surface area contributed by atoms with Gasteiger partial charge in [-0.25, -0.2) is 4.98 Å². The first kappa shape index (κ1) is 17.6. The Balaban J connectivity index is 1.67. The van der Waals surface area contributed by atoms with Crippen molar-refractivity contribution in [2.75, 3.05) is 6.54 Å².